The quantitative estimate of drug-likeness (QED) is 0.701. The van der Waals surface area contributed by atoms with E-state index in [9.17, 15) is 4.79 Å². The lowest BCUT2D eigenvalue weighted by molar-refractivity contribution is -0.159. The molecule has 112 valence electrons. The molecule has 1 aromatic carbocycles. The first kappa shape index (κ1) is 16.2. The third-order valence-corrected chi connectivity index (χ3v) is 2.44. The molecule has 1 amide bonds. The van der Waals surface area contributed by atoms with Crippen molar-refractivity contribution in [1.29, 1.82) is 0 Å². The largest absolute Gasteiger partial charge is 0.473 e. The molecule has 0 saturated heterocycles. The minimum absolute atomic E-state index is 0.000536. The van der Waals surface area contributed by atoms with Crippen LogP contribution in [0.4, 0.5) is 0 Å². The summed E-state index contributed by atoms with van der Waals surface area (Å²) in [6, 6.07) is 7.95. The van der Waals surface area contributed by atoms with Crippen molar-refractivity contribution in [3.05, 3.63) is 30.6 Å². The number of hydrogen-bond donors (Lipinski definition) is 3. The zero-order valence-corrected chi connectivity index (χ0v) is 11.3. The Labute approximate surface area is 120 Å². The van der Waals surface area contributed by atoms with Gasteiger partial charge in [0, 0.05) is 20.0 Å². The third-order valence-electron chi connectivity index (χ3n) is 2.44. The second-order valence-corrected chi connectivity index (χ2v) is 4.02. The molecule has 0 atom stereocenters. The van der Waals surface area contributed by atoms with E-state index in [0.29, 0.717) is 6.54 Å². The lowest BCUT2D eigenvalue weighted by Crippen LogP contribution is -2.24. The fraction of sp³-hybridized carbons (Fsp3) is 0.231. The number of nitrogens with one attached hydrogen (secondary N) is 1. The number of aliphatic carboxylic acids is 2. The maximum absolute atomic E-state index is 10.7. The van der Waals surface area contributed by atoms with Crippen molar-refractivity contribution < 1.29 is 24.6 Å². The van der Waals surface area contributed by atoms with Crippen LogP contribution >= 0.6 is 0 Å². The Morgan fingerprint density at radius 2 is 1.81 bits per heavy atom. The van der Waals surface area contributed by atoms with Crippen molar-refractivity contribution in [3.8, 4) is 0 Å². The first-order valence-corrected chi connectivity index (χ1v) is 6.02. The number of hydrogen-bond acceptors (Lipinski definition) is 4. The van der Waals surface area contributed by atoms with Crippen LogP contribution in [0, 0.1) is 0 Å². The average molecular weight is 293 g/mol. The van der Waals surface area contributed by atoms with E-state index in [0.717, 1.165) is 17.6 Å². The molecule has 8 nitrogen and oxygen atoms in total. The van der Waals surface area contributed by atoms with Gasteiger partial charge in [-0.3, -0.25) is 4.79 Å². The number of para-hydroxylation sites is 2. The van der Waals surface area contributed by atoms with E-state index in [1.807, 2.05) is 28.8 Å². The van der Waals surface area contributed by atoms with Crippen LogP contribution in [0.15, 0.2) is 30.6 Å². The standard InChI is InChI=1S/C11H13N3O.C2H2O4/c1-9(15)12-6-7-14-8-13-10-4-2-3-5-11(10)14;3-1(4)2(5)6/h2-5,8H,6-7H2,1H3,(H,12,15);(H,3,4)(H,5,6). The van der Waals surface area contributed by atoms with Gasteiger partial charge < -0.3 is 20.1 Å². The highest BCUT2D eigenvalue weighted by molar-refractivity contribution is 6.27. The number of fused-ring (bicyclic) bond motifs is 1. The van der Waals surface area contributed by atoms with Gasteiger partial charge in [-0.2, -0.15) is 0 Å². The summed E-state index contributed by atoms with van der Waals surface area (Å²) in [4.78, 5) is 33.2. The Bertz CT molecular complexity index is 638. The van der Waals surface area contributed by atoms with Gasteiger partial charge in [-0.15, -0.1) is 0 Å². The summed E-state index contributed by atoms with van der Waals surface area (Å²) < 4.78 is 2.03. The maximum Gasteiger partial charge on any atom is 0.414 e. The molecule has 0 unspecified atom stereocenters. The smallest absolute Gasteiger partial charge is 0.414 e. The van der Waals surface area contributed by atoms with Crippen molar-refractivity contribution in [2.24, 2.45) is 0 Å². The van der Waals surface area contributed by atoms with Gasteiger partial charge in [0.25, 0.3) is 0 Å². The summed E-state index contributed by atoms with van der Waals surface area (Å²) in [7, 11) is 0. The summed E-state index contributed by atoms with van der Waals surface area (Å²) in [5, 5.41) is 17.5. The lowest BCUT2D eigenvalue weighted by atomic mass is 10.3. The molecule has 0 saturated carbocycles. The monoisotopic (exact) mass is 293 g/mol. The molecule has 0 aliphatic rings. The van der Waals surface area contributed by atoms with Crippen LogP contribution in [-0.2, 0) is 20.9 Å². The molecule has 0 bridgehead atoms. The molecule has 0 fully saturated rings. The molecule has 2 aromatic rings. The van der Waals surface area contributed by atoms with Crippen LogP contribution in [0.25, 0.3) is 11.0 Å². The van der Waals surface area contributed by atoms with E-state index in [1.54, 1.807) is 6.33 Å². The fourth-order valence-electron chi connectivity index (χ4n) is 1.54. The topological polar surface area (TPSA) is 122 Å². The molecular weight excluding hydrogens is 278 g/mol. The Balaban J connectivity index is 0.000000315. The number of amides is 1. The average Bonchev–Trinajstić information content (AvgIpc) is 2.83. The number of benzene rings is 1. The normalized spacial score (nSPS) is 9.57. The van der Waals surface area contributed by atoms with Crippen molar-refractivity contribution in [3.63, 3.8) is 0 Å². The predicted molar refractivity (Wildman–Crippen MR) is 73.7 cm³/mol. The highest BCUT2D eigenvalue weighted by Gasteiger charge is 2.04. The Hall–Kier alpha value is -2.90. The fourth-order valence-corrected chi connectivity index (χ4v) is 1.54. The van der Waals surface area contributed by atoms with Gasteiger partial charge in [0.2, 0.25) is 5.91 Å². The molecule has 1 aromatic heterocycles. The maximum atomic E-state index is 10.7. The highest BCUT2D eigenvalue weighted by Crippen LogP contribution is 2.10. The van der Waals surface area contributed by atoms with Gasteiger partial charge in [-0.05, 0) is 12.1 Å². The second kappa shape index (κ2) is 7.63. The summed E-state index contributed by atoms with van der Waals surface area (Å²) >= 11 is 0. The van der Waals surface area contributed by atoms with E-state index in [-0.39, 0.29) is 5.91 Å². The first-order chi connectivity index (χ1) is 9.91. The summed E-state index contributed by atoms with van der Waals surface area (Å²) in [5.41, 5.74) is 2.09. The van der Waals surface area contributed by atoms with Crippen LogP contribution in [0.5, 0.6) is 0 Å². The van der Waals surface area contributed by atoms with E-state index < -0.39 is 11.9 Å². The summed E-state index contributed by atoms with van der Waals surface area (Å²) in [6.07, 6.45) is 1.80. The number of rotatable bonds is 3. The number of carbonyl (C=O) groups is 3. The summed E-state index contributed by atoms with van der Waals surface area (Å²) in [6.45, 7) is 2.90. The van der Waals surface area contributed by atoms with Crippen molar-refractivity contribution >= 4 is 28.9 Å². The van der Waals surface area contributed by atoms with Crippen molar-refractivity contribution in [1.82, 2.24) is 14.9 Å². The molecule has 1 heterocycles. The van der Waals surface area contributed by atoms with Gasteiger partial charge in [0.1, 0.15) is 0 Å². The van der Waals surface area contributed by atoms with E-state index in [2.05, 4.69) is 10.3 Å². The number of carboxylic acids is 2. The molecule has 0 aliphatic carbocycles. The molecule has 0 spiro atoms. The minimum atomic E-state index is -1.82. The number of carbonyl (C=O) groups excluding carboxylic acids is 1. The molecule has 21 heavy (non-hydrogen) atoms. The minimum Gasteiger partial charge on any atom is -0.473 e. The van der Waals surface area contributed by atoms with Gasteiger partial charge in [-0.25, -0.2) is 14.6 Å². The zero-order valence-electron chi connectivity index (χ0n) is 11.3. The van der Waals surface area contributed by atoms with Crippen LogP contribution in [-0.4, -0.2) is 44.2 Å². The number of aromatic nitrogens is 2. The molecule has 2 rings (SSSR count). The van der Waals surface area contributed by atoms with Crippen LogP contribution in [0.2, 0.25) is 0 Å². The molecule has 0 aliphatic heterocycles. The highest BCUT2D eigenvalue weighted by atomic mass is 16.4. The number of carboxylic acid groups (broad SMARTS) is 2. The van der Waals surface area contributed by atoms with E-state index in [4.69, 9.17) is 19.8 Å². The third kappa shape index (κ3) is 5.31. The summed E-state index contributed by atoms with van der Waals surface area (Å²) in [5.74, 6) is -3.65. The second-order valence-electron chi connectivity index (χ2n) is 4.02. The van der Waals surface area contributed by atoms with Gasteiger partial charge in [-0.1, -0.05) is 12.1 Å². The number of imidazole rings is 1. The Kier molecular flexibility index (Phi) is 5.87. The van der Waals surface area contributed by atoms with Crippen LogP contribution in [0.3, 0.4) is 0 Å². The molecule has 0 radical (unpaired) electrons. The Morgan fingerprint density at radius 1 is 1.19 bits per heavy atom. The van der Waals surface area contributed by atoms with E-state index >= 15 is 0 Å². The molecular formula is C13H15N3O5. The zero-order chi connectivity index (χ0) is 15.8. The van der Waals surface area contributed by atoms with Gasteiger partial charge in [0.15, 0.2) is 0 Å². The van der Waals surface area contributed by atoms with E-state index in [1.165, 1.54) is 6.92 Å². The van der Waals surface area contributed by atoms with Gasteiger partial charge >= 0.3 is 11.9 Å². The SMILES string of the molecule is CC(=O)NCCn1cnc2ccccc21.O=C(O)C(=O)O. The lowest BCUT2D eigenvalue weighted by Gasteiger charge is -2.04. The van der Waals surface area contributed by atoms with Crippen molar-refractivity contribution in [2.45, 2.75) is 13.5 Å². The first-order valence-electron chi connectivity index (χ1n) is 6.02. The molecule has 8 heteroatoms. The molecule has 3 N–H and O–H groups in total. The Morgan fingerprint density at radius 3 is 2.38 bits per heavy atom. The van der Waals surface area contributed by atoms with Crippen LogP contribution < -0.4 is 5.32 Å². The van der Waals surface area contributed by atoms with Crippen LogP contribution in [0.1, 0.15) is 6.92 Å². The van der Waals surface area contributed by atoms with Crippen molar-refractivity contribution in [2.75, 3.05) is 6.54 Å². The number of nitrogens with zero attached hydrogens (tertiary/aromatic N) is 2. The predicted octanol–water partition coefficient (Wildman–Crippen LogP) is 0.328. The van der Waals surface area contributed by atoms with Gasteiger partial charge in [0.05, 0.1) is 17.4 Å².